The highest BCUT2D eigenvalue weighted by Crippen LogP contribution is 2.19. The van der Waals surface area contributed by atoms with E-state index in [1.165, 1.54) is 6.07 Å². The molecule has 110 valence electrons. The molecule has 0 spiro atoms. The summed E-state index contributed by atoms with van der Waals surface area (Å²) < 4.78 is 10.5. The third kappa shape index (κ3) is 3.29. The van der Waals surface area contributed by atoms with Crippen LogP contribution in [0.3, 0.4) is 0 Å². The number of rotatable bonds is 4. The summed E-state index contributed by atoms with van der Waals surface area (Å²) in [4.78, 5) is 26.8. The lowest BCUT2D eigenvalue weighted by Gasteiger charge is -2.07. The first-order valence-corrected chi connectivity index (χ1v) is 6.57. The molecular weight excluding hydrogens is 284 g/mol. The fourth-order valence-corrected chi connectivity index (χ4v) is 1.91. The minimum Gasteiger partial charge on any atom is -0.484 e. The number of pyridine rings is 1. The van der Waals surface area contributed by atoms with Crippen molar-refractivity contribution in [2.75, 3.05) is 11.9 Å². The lowest BCUT2D eigenvalue weighted by atomic mass is 10.2. The Balaban J connectivity index is 1.66. The summed E-state index contributed by atoms with van der Waals surface area (Å²) in [5.74, 6) is 0.160. The Morgan fingerprint density at radius 2 is 1.91 bits per heavy atom. The molecule has 1 amide bonds. The lowest BCUT2D eigenvalue weighted by molar-refractivity contribution is -0.118. The van der Waals surface area contributed by atoms with Gasteiger partial charge in [-0.3, -0.25) is 9.78 Å². The number of ether oxygens (including phenoxy) is 1. The van der Waals surface area contributed by atoms with Crippen molar-refractivity contribution < 1.29 is 13.9 Å². The van der Waals surface area contributed by atoms with E-state index in [0.29, 0.717) is 17.0 Å². The summed E-state index contributed by atoms with van der Waals surface area (Å²) in [5, 5.41) is 3.47. The normalized spacial score (nSPS) is 10.4. The molecule has 3 aromatic rings. The lowest BCUT2D eigenvalue weighted by Crippen LogP contribution is -2.20. The van der Waals surface area contributed by atoms with Gasteiger partial charge in [0.25, 0.3) is 5.91 Å². The van der Waals surface area contributed by atoms with Gasteiger partial charge in [-0.25, -0.2) is 4.79 Å². The number of benzene rings is 1. The quantitative estimate of drug-likeness (QED) is 0.746. The highest BCUT2D eigenvalue weighted by Gasteiger charge is 2.05. The van der Waals surface area contributed by atoms with Crippen LogP contribution < -0.4 is 15.7 Å². The molecule has 22 heavy (non-hydrogen) atoms. The number of nitrogens with one attached hydrogen (secondary N) is 1. The largest absolute Gasteiger partial charge is 0.484 e. The summed E-state index contributed by atoms with van der Waals surface area (Å²) in [6, 6.07) is 11.4. The second-order valence-electron chi connectivity index (χ2n) is 4.53. The molecule has 6 nitrogen and oxygen atoms in total. The average molecular weight is 296 g/mol. The van der Waals surface area contributed by atoms with Crippen LogP contribution in [0.1, 0.15) is 0 Å². The Labute approximate surface area is 125 Å². The van der Waals surface area contributed by atoms with E-state index in [4.69, 9.17) is 9.15 Å². The SMILES string of the molecule is O=C(COc1ccc2ccc(=O)oc2c1)Nc1ccncc1. The van der Waals surface area contributed by atoms with Crippen molar-refractivity contribution >= 4 is 22.6 Å². The number of hydrogen-bond donors (Lipinski definition) is 1. The molecule has 0 saturated carbocycles. The number of aromatic nitrogens is 1. The molecule has 0 aliphatic carbocycles. The van der Waals surface area contributed by atoms with Gasteiger partial charge in [0, 0.05) is 35.6 Å². The van der Waals surface area contributed by atoms with Gasteiger partial charge < -0.3 is 14.5 Å². The van der Waals surface area contributed by atoms with Crippen LogP contribution in [0.5, 0.6) is 5.75 Å². The topological polar surface area (TPSA) is 81.4 Å². The fourth-order valence-electron chi connectivity index (χ4n) is 1.91. The van der Waals surface area contributed by atoms with Crippen LogP contribution in [-0.4, -0.2) is 17.5 Å². The molecule has 0 atom stereocenters. The van der Waals surface area contributed by atoms with Gasteiger partial charge in [0.1, 0.15) is 11.3 Å². The van der Waals surface area contributed by atoms with E-state index >= 15 is 0 Å². The zero-order valence-electron chi connectivity index (χ0n) is 11.5. The molecule has 0 unspecified atom stereocenters. The number of amides is 1. The number of hydrogen-bond acceptors (Lipinski definition) is 5. The third-order valence-electron chi connectivity index (χ3n) is 2.93. The molecule has 0 radical (unpaired) electrons. The van der Waals surface area contributed by atoms with Crippen molar-refractivity contribution in [3.63, 3.8) is 0 Å². The molecule has 0 aliphatic heterocycles. The highest BCUT2D eigenvalue weighted by atomic mass is 16.5. The first-order chi connectivity index (χ1) is 10.7. The van der Waals surface area contributed by atoms with Crippen LogP contribution in [0.15, 0.2) is 64.1 Å². The predicted molar refractivity (Wildman–Crippen MR) is 80.8 cm³/mol. The molecule has 1 N–H and O–H groups in total. The van der Waals surface area contributed by atoms with E-state index in [9.17, 15) is 9.59 Å². The molecule has 2 aromatic heterocycles. The second-order valence-corrected chi connectivity index (χ2v) is 4.53. The van der Waals surface area contributed by atoms with E-state index in [0.717, 1.165) is 5.39 Å². The number of nitrogens with zero attached hydrogens (tertiary/aromatic N) is 1. The minimum atomic E-state index is -0.430. The molecular formula is C16H12N2O4. The maximum absolute atomic E-state index is 11.8. The Bertz CT molecular complexity index is 859. The smallest absolute Gasteiger partial charge is 0.336 e. The molecule has 0 fully saturated rings. The summed E-state index contributed by atoms with van der Waals surface area (Å²) in [6.45, 7) is -0.148. The summed E-state index contributed by atoms with van der Waals surface area (Å²) >= 11 is 0. The van der Waals surface area contributed by atoms with Gasteiger partial charge in [-0.15, -0.1) is 0 Å². The minimum absolute atomic E-state index is 0.148. The van der Waals surface area contributed by atoms with E-state index < -0.39 is 5.63 Å². The first-order valence-electron chi connectivity index (χ1n) is 6.57. The Morgan fingerprint density at radius 3 is 2.73 bits per heavy atom. The summed E-state index contributed by atoms with van der Waals surface area (Å²) in [7, 11) is 0. The number of anilines is 1. The maximum atomic E-state index is 11.8. The maximum Gasteiger partial charge on any atom is 0.336 e. The van der Waals surface area contributed by atoms with Crippen molar-refractivity contribution in [3.8, 4) is 5.75 Å². The fraction of sp³-hybridized carbons (Fsp3) is 0.0625. The van der Waals surface area contributed by atoms with Gasteiger partial charge in [0.15, 0.2) is 6.61 Å². The van der Waals surface area contributed by atoms with Crippen LogP contribution in [0, 0.1) is 0 Å². The van der Waals surface area contributed by atoms with Crippen molar-refractivity contribution in [3.05, 3.63) is 65.3 Å². The predicted octanol–water partition coefficient (Wildman–Crippen LogP) is 2.21. The van der Waals surface area contributed by atoms with E-state index in [-0.39, 0.29) is 12.5 Å². The zero-order chi connectivity index (χ0) is 15.4. The first kappa shape index (κ1) is 13.8. The zero-order valence-corrected chi connectivity index (χ0v) is 11.5. The Hall–Kier alpha value is -3.15. The molecule has 0 aliphatic rings. The number of carbonyl (C=O) groups is 1. The van der Waals surface area contributed by atoms with Crippen LogP contribution in [0.4, 0.5) is 5.69 Å². The Kier molecular flexibility index (Phi) is 3.82. The second kappa shape index (κ2) is 6.09. The average Bonchev–Trinajstić information content (AvgIpc) is 2.53. The monoisotopic (exact) mass is 296 g/mol. The van der Waals surface area contributed by atoms with Gasteiger partial charge >= 0.3 is 5.63 Å². The summed E-state index contributed by atoms with van der Waals surface area (Å²) in [6.07, 6.45) is 3.17. The van der Waals surface area contributed by atoms with Gasteiger partial charge in [-0.05, 0) is 30.3 Å². The van der Waals surface area contributed by atoms with Gasteiger partial charge in [0.05, 0.1) is 0 Å². The van der Waals surface area contributed by atoms with E-state index in [2.05, 4.69) is 10.3 Å². The van der Waals surface area contributed by atoms with Crippen LogP contribution >= 0.6 is 0 Å². The van der Waals surface area contributed by atoms with Crippen molar-refractivity contribution in [1.29, 1.82) is 0 Å². The van der Waals surface area contributed by atoms with Crippen LogP contribution in [-0.2, 0) is 4.79 Å². The molecule has 0 saturated heterocycles. The van der Waals surface area contributed by atoms with E-state index in [1.54, 1.807) is 48.8 Å². The van der Waals surface area contributed by atoms with Crippen LogP contribution in [0.2, 0.25) is 0 Å². The third-order valence-corrected chi connectivity index (χ3v) is 2.93. The standard InChI is InChI=1S/C16H12N2O4/c19-15(18-12-5-7-17-8-6-12)10-21-13-3-1-11-2-4-16(20)22-14(11)9-13/h1-9H,10H2,(H,17,18,19). The van der Waals surface area contributed by atoms with Crippen molar-refractivity contribution in [2.24, 2.45) is 0 Å². The summed E-state index contributed by atoms with van der Waals surface area (Å²) in [5.41, 5.74) is 0.632. The Morgan fingerprint density at radius 1 is 1.14 bits per heavy atom. The van der Waals surface area contributed by atoms with Crippen molar-refractivity contribution in [2.45, 2.75) is 0 Å². The number of carbonyl (C=O) groups excluding carboxylic acids is 1. The molecule has 2 heterocycles. The molecule has 0 bridgehead atoms. The van der Waals surface area contributed by atoms with E-state index in [1.807, 2.05) is 0 Å². The molecule has 1 aromatic carbocycles. The number of fused-ring (bicyclic) bond motifs is 1. The van der Waals surface area contributed by atoms with Gasteiger partial charge in [0.2, 0.25) is 0 Å². The molecule has 3 rings (SSSR count). The van der Waals surface area contributed by atoms with Gasteiger partial charge in [-0.1, -0.05) is 0 Å². The van der Waals surface area contributed by atoms with Crippen LogP contribution in [0.25, 0.3) is 11.0 Å². The molecule has 6 heteroatoms. The van der Waals surface area contributed by atoms with Gasteiger partial charge in [-0.2, -0.15) is 0 Å². The highest BCUT2D eigenvalue weighted by molar-refractivity contribution is 5.91. The van der Waals surface area contributed by atoms with Crippen molar-refractivity contribution in [1.82, 2.24) is 4.98 Å².